The number of nitrogens with zero attached hydrogens (tertiary/aromatic N) is 6. The predicted molar refractivity (Wildman–Crippen MR) is 206 cm³/mol. The van der Waals surface area contributed by atoms with E-state index in [0.717, 1.165) is 36.9 Å². The first kappa shape index (κ1) is 36.0. The predicted octanol–water partition coefficient (Wildman–Crippen LogP) is 4.95. The summed E-state index contributed by atoms with van der Waals surface area (Å²) in [7, 11) is 3.93. The van der Waals surface area contributed by atoms with Crippen LogP contribution in [0.25, 0.3) is 21.5 Å². The Balaban J connectivity index is 1.02. The van der Waals surface area contributed by atoms with Gasteiger partial charge in [-0.2, -0.15) is 0 Å². The summed E-state index contributed by atoms with van der Waals surface area (Å²) in [6.45, 7) is 9.44. The van der Waals surface area contributed by atoms with Gasteiger partial charge in [0.15, 0.2) is 0 Å². The van der Waals surface area contributed by atoms with Gasteiger partial charge in [0.05, 0.1) is 12.0 Å². The third-order valence-electron chi connectivity index (χ3n) is 9.96. The number of imide groups is 2. The molecule has 2 heterocycles. The zero-order chi connectivity index (χ0) is 37.1. The van der Waals surface area contributed by atoms with Gasteiger partial charge >= 0.3 is 0 Å². The van der Waals surface area contributed by atoms with Gasteiger partial charge in [-0.05, 0) is 76.9 Å². The standard InChI is InChI=1S/C40H44N8O4/c1-5-45(21-18-41)33-16-14-31-35-27(33)10-7-12-29(35)37(49)47(39(31)51)24-22-43(3)19-9-20-44(4)23-25-48-38(50)30-13-8-11-28-34(46(6-2)26-42)17-15-32(36(28)30)40(48)52/h6-8,10-18,21,26,42H,2,5,9,19-20,22-25,41H2,1,3-4H3/b21-18-,42-26?. The molecule has 0 aromatic heterocycles. The number of benzene rings is 4. The smallest absolute Gasteiger partial charge is 0.261 e. The molecule has 4 aromatic rings. The minimum absolute atomic E-state index is 0.246. The molecular formula is C40H44N8O4. The van der Waals surface area contributed by atoms with Crippen LogP contribution in [0.5, 0.6) is 0 Å². The quantitative estimate of drug-likeness (QED) is 0.0945. The average Bonchev–Trinajstić information content (AvgIpc) is 3.15. The van der Waals surface area contributed by atoms with Crippen molar-refractivity contribution < 1.29 is 19.2 Å². The number of hydrogen-bond donors (Lipinski definition) is 2. The number of carbonyl (C=O) groups is 4. The lowest BCUT2D eigenvalue weighted by molar-refractivity contribution is 0.0585. The Kier molecular flexibility index (Phi) is 10.5. The summed E-state index contributed by atoms with van der Waals surface area (Å²) in [6, 6.07) is 18.1. The van der Waals surface area contributed by atoms with Crippen LogP contribution < -0.4 is 15.5 Å². The Labute approximate surface area is 303 Å². The second-order valence-electron chi connectivity index (χ2n) is 13.1. The van der Waals surface area contributed by atoms with Crippen molar-refractivity contribution in [2.45, 2.75) is 13.3 Å². The SMILES string of the molecule is C=CN(C=N)c1ccc2c3c(cccc13)C(=O)N(CCN(C)CCCN(C)CCN1C(=O)c3cccc4c(N(/C=C\N)CC)ccc(c34)C1=O)C2=O. The maximum atomic E-state index is 13.6. The Morgan fingerprint density at radius 3 is 1.60 bits per heavy atom. The van der Waals surface area contributed by atoms with Gasteiger partial charge in [-0.3, -0.25) is 34.4 Å². The molecule has 0 fully saturated rings. The van der Waals surface area contributed by atoms with Crippen LogP contribution in [0.15, 0.2) is 85.8 Å². The number of hydrogen-bond acceptors (Lipinski definition) is 9. The van der Waals surface area contributed by atoms with Gasteiger partial charge in [0.1, 0.15) is 0 Å². The highest BCUT2D eigenvalue weighted by Crippen LogP contribution is 2.37. The molecule has 4 amide bonds. The van der Waals surface area contributed by atoms with Crippen LogP contribution >= 0.6 is 0 Å². The fourth-order valence-corrected chi connectivity index (χ4v) is 7.20. The first-order valence-corrected chi connectivity index (χ1v) is 17.4. The first-order valence-electron chi connectivity index (χ1n) is 17.4. The third-order valence-corrected chi connectivity index (χ3v) is 9.96. The van der Waals surface area contributed by atoms with Crippen molar-refractivity contribution in [3.63, 3.8) is 0 Å². The lowest BCUT2D eigenvalue weighted by atomic mass is 9.92. The monoisotopic (exact) mass is 700 g/mol. The van der Waals surface area contributed by atoms with E-state index >= 15 is 0 Å². The van der Waals surface area contributed by atoms with Crippen molar-refractivity contribution in [3.05, 3.63) is 108 Å². The summed E-state index contributed by atoms with van der Waals surface area (Å²) in [5.41, 5.74) is 9.19. The van der Waals surface area contributed by atoms with Gasteiger partial charge in [0.25, 0.3) is 23.6 Å². The van der Waals surface area contributed by atoms with E-state index in [-0.39, 0.29) is 36.7 Å². The zero-order valence-corrected chi connectivity index (χ0v) is 29.8. The molecule has 0 saturated heterocycles. The van der Waals surface area contributed by atoms with Crippen molar-refractivity contribution in [1.82, 2.24) is 19.6 Å². The van der Waals surface area contributed by atoms with E-state index in [9.17, 15) is 19.2 Å². The fourth-order valence-electron chi connectivity index (χ4n) is 7.20. The summed E-state index contributed by atoms with van der Waals surface area (Å²) in [5, 5.41) is 10.5. The number of amides is 4. The van der Waals surface area contributed by atoms with Crippen LogP contribution in [0.4, 0.5) is 11.4 Å². The van der Waals surface area contributed by atoms with Gasteiger partial charge in [0, 0.05) is 101 Å². The van der Waals surface area contributed by atoms with Crippen LogP contribution in [0.1, 0.15) is 54.8 Å². The summed E-state index contributed by atoms with van der Waals surface area (Å²) in [6.07, 6.45) is 6.71. The van der Waals surface area contributed by atoms with Gasteiger partial charge in [-0.1, -0.05) is 30.8 Å². The Hall–Kier alpha value is -5.85. The molecule has 4 aromatic carbocycles. The van der Waals surface area contributed by atoms with Gasteiger partial charge < -0.3 is 25.3 Å². The number of likely N-dealkylation sites (N-methyl/N-ethyl adjacent to an activating group) is 2. The maximum Gasteiger partial charge on any atom is 0.261 e. The largest absolute Gasteiger partial charge is 0.403 e. The topological polar surface area (TPSA) is 138 Å². The molecule has 3 N–H and O–H groups in total. The van der Waals surface area contributed by atoms with E-state index in [1.165, 1.54) is 22.2 Å². The molecule has 0 unspecified atom stereocenters. The molecule has 0 radical (unpaired) electrons. The normalized spacial score (nSPS) is 14.1. The highest BCUT2D eigenvalue weighted by molar-refractivity contribution is 6.28. The van der Waals surface area contributed by atoms with Crippen molar-refractivity contribution >= 4 is 62.9 Å². The van der Waals surface area contributed by atoms with Crippen molar-refractivity contribution in [2.75, 3.05) is 69.7 Å². The highest BCUT2D eigenvalue weighted by Gasteiger charge is 2.35. The molecule has 12 nitrogen and oxygen atoms in total. The van der Waals surface area contributed by atoms with Crippen molar-refractivity contribution in [1.29, 1.82) is 5.41 Å². The number of nitrogens with one attached hydrogen (secondary N) is 1. The second kappa shape index (κ2) is 15.2. The van der Waals surface area contributed by atoms with Crippen LogP contribution in [0.3, 0.4) is 0 Å². The van der Waals surface area contributed by atoms with Crippen LogP contribution in [0, 0.1) is 5.41 Å². The number of anilines is 2. The molecular weight excluding hydrogens is 656 g/mol. The molecule has 0 saturated carbocycles. The first-order chi connectivity index (χ1) is 25.1. The van der Waals surface area contributed by atoms with Crippen LogP contribution in [-0.2, 0) is 0 Å². The molecule has 268 valence electrons. The Bertz CT molecular complexity index is 2080. The minimum Gasteiger partial charge on any atom is -0.403 e. The molecule has 0 spiro atoms. The molecule has 0 aliphatic carbocycles. The van der Waals surface area contributed by atoms with Crippen LogP contribution in [-0.4, -0.2) is 109 Å². The van der Waals surface area contributed by atoms with Gasteiger partial charge in [-0.25, -0.2) is 0 Å². The van der Waals surface area contributed by atoms with Crippen molar-refractivity contribution in [2.24, 2.45) is 5.73 Å². The second-order valence-corrected chi connectivity index (χ2v) is 13.1. The van der Waals surface area contributed by atoms with E-state index in [2.05, 4.69) is 16.4 Å². The minimum atomic E-state index is -0.332. The van der Waals surface area contributed by atoms with E-state index in [1.54, 1.807) is 47.5 Å². The number of carbonyl (C=O) groups excluding carboxylic acids is 4. The zero-order valence-electron chi connectivity index (χ0n) is 29.8. The molecule has 0 bridgehead atoms. The summed E-state index contributed by atoms with van der Waals surface area (Å²) in [5.74, 6) is -1.25. The van der Waals surface area contributed by atoms with E-state index < -0.39 is 0 Å². The Morgan fingerprint density at radius 1 is 0.692 bits per heavy atom. The summed E-state index contributed by atoms with van der Waals surface area (Å²) in [4.78, 5) is 64.7. The van der Waals surface area contributed by atoms with Crippen molar-refractivity contribution in [3.8, 4) is 0 Å². The maximum absolute atomic E-state index is 13.6. The number of rotatable bonds is 16. The van der Waals surface area contributed by atoms with E-state index in [1.807, 2.05) is 50.2 Å². The molecule has 2 aliphatic rings. The summed E-state index contributed by atoms with van der Waals surface area (Å²) >= 11 is 0. The Morgan fingerprint density at radius 2 is 1.15 bits per heavy atom. The highest BCUT2D eigenvalue weighted by atomic mass is 16.2. The van der Waals surface area contributed by atoms with Gasteiger partial charge in [0.2, 0.25) is 0 Å². The molecule has 52 heavy (non-hydrogen) atoms. The lowest BCUT2D eigenvalue weighted by Crippen LogP contribution is -2.45. The summed E-state index contributed by atoms with van der Waals surface area (Å²) < 4.78 is 0. The average molecular weight is 701 g/mol. The molecule has 0 atom stereocenters. The molecule has 2 aliphatic heterocycles. The van der Waals surface area contributed by atoms with E-state index in [4.69, 9.17) is 11.1 Å². The molecule has 6 rings (SSSR count). The van der Waals surface area contributed by atoms with Gasteiger partial charge in [-0.15, -0.1) is 0 Å². The fraction of sp³-hybridized carbons (Fsp3) is 0.275. The van der Waals surface area contributed by atoms with Crippen LogP contribution in [0.2, 0.25) is 0 Å². The molecule has 12 heteroatoms. The van der Waals surface area contributed by atoms with E-state index in [0.29, 0.717) is 63.7 Å². The lowest BCUT2D eigenvalue weighted by Gasteiger charge is -2.31. The third kappa shape index (κ3) is 6.42. The number of nitrogens with two attached hydrogens (primary N) is 1.